The van der Waals surface area contributed by atoms with Crippen LogP contribution in [0.15, 0.2) is 60.7 Å². The van der Waals surface area contributed by atoms with E-state index < -0.39 is 6.03 Å². The molecule has 0 saturated carbocycles. The van der Waals surface area contributed by atoms with Crippen molar-refractivity contribution in [1.29, 1.82) is 0 Å². The van der Waals surface area contributed by atoms with Gasteiger partial charge in [0.15, 0.2) is 0 Å². The number of carbonyl (C=O) groups excluding carboxylic acids is 2. The first-order valence-corrected chi connectivity index (χ1v) is 13.3. The zero-order valence-electron chi connectivity index (χ0n) is 23.9. The van der Waals surface area contributed by atoms with Gasteiger partial charge >= 0.3 is 6.03 Å². The first-order chi connectivity index (χ1) is 19.9. The number of anilines is 4. The summed E-state index contributed by atoms with van der Waals surface area (Å²) in [4.78, 5) is 30.5. The topological polar surface area (TPSA) is 114 Å². The molecule has 11 heteroatoms. The van der Waals surface area contributed by atoms with E-state index in [1.165, 1.54) is 14.2 Å². The normalized spacial score (nSPS) is 12.9. The lowest BCUT2D eigenvalue weighted by Gasteiger charge is -2.38. The molecule has 0 atom stereocenters. The molecule has 1 aliphatic heterocycles. The lowest BCUT2D eigenvalue weighted by atomic mass is 10.1. The molecule has 41 heavy (non-hydrogen) atoms. The van der Waals surface area contributed by atoms with E-state index in [4.69, 9.17) is 18.9 Å². The van der Waals surface area contributed by atoms with Crippen LogP contribution in [0.25, 0.3) is 0 Å². The van der Waals surface area contributed by atoms with E-state index in [9.17, 15) is 9.59 Å². The number of para-hydroxylation sites is 2. The molecule has 3 aromatic rings. The summed E-state index contributed by atoms with van der Waals surface area (Å²) in [6.07, 6.45) is 0. The predicted octanol–water partition coefficient (Wildman–Crippen LogP) is 4.06. The van der Waals surface area contributed by atoms with E-state index >= 15 is 0 Å². The van der Waals surface area contributed by atoms with Crippen molar-refractivity contribution in [3.05, 3.63) is 66.2 Å². The monoisotopic (exact) mass is 563 g/mol. The quantitative estimate of drug-likeness (QED) is 0.300. The minimum absolute atomic E-state index is 0.245. The molecule has 0 aliphatic carbocycles. The van der Waals surface area contributed by atoms with Crippen LogP contribution < -0.4 is 40.0 Å². The number of carbonyl (C=O) groups is 2. The second kappa shape index (κ2) is 14.1. The van der Waals surface area contributed by atoms with Crippen LogP contribution in [0.5, 0.6) is 17.2 Å². The van der Waals surface area contributed by atoms with Crippen LogP contribution in [0, 0.1) is 0 Å². The van der Waals surface area contributed by atoms with Gasteiger partial charge in [-0.2, -0.15) is 0 Å². The molecule has 0 aromatic heterocycles. The third kappa shape index (κ3) is 7.52. The van der Waals surface area contributed by atoms with Gasteiger partial charge in [-0.1, -0.05) is 12.1 Å². The largest absolute Gasteiger partial charge is 0.497 e. The maximum absolute atomic E-state index is 13.2. The Hall–Kier alpha value is -4.64. The Morgan fingerprint density at radius 3 is 2.00 bits per heavy atom. The summed E-state index contributed by atoms with van der Waals surface area (Å²) in [5, 5.41) is 8.51. The Labute approximate surface area is 240 Å². The van der Waals surface area contributed by atoms with E-state index in [1.807, 2.05) is 24.3 Å². The number of hydrogen-bond donors (Lipinski definition) is 3. The highest BCUT2D eigenvalue weighted by Crippen LogP contribution is 2.31. The second-order valence-electron chi connectivity index (χ2n) is 9.31. The van der Waals surface area contributed by atoms with Gasteiger partial charge in [0.25, 0.3) is 5.91 Å². The standard InChI is InChI=1S/C30H37N5O6/c1-38-16-11-31-29(36)25-19-21(32-30(37)33-22-17-23(39-2)20-24(18-22)40-3)9-10-26(25)34-12-14-35(15-13-34)27-7-5-6-8-28(27)41-4/h5-10,17-20H,11-16H2,1-4H3,(H,31,36)(H2,32,33,37). The van der Waals surface area contributed by atoms with Crippen molar-refractivity contribution < 1.29 is 28.5 Å². The molecule has 3 amide bonds. The van der Waals surface area contributed by atoms with Crippen LogP contribution in [-0.2, 0) is 4.74 Å². The minimum atomic E-state index is -0.468. The van der Waals surface area contributed by atoms with Crippen molar-refractivity contribution in [1.82, 2.24) is 5.32 Å². The van der Waals surface area contributed by atoms with Crippen molar-refractivity contribution in [2.24, 2.45) is 0 Å². The van der Waals surface area contributed by atoms with Crippen molar-refractivity contribution in [2.75, 3.05) is 88.2 Å². The Bertz CT molecular complexity index is 1320. The molecule has 1 aliphatic rings. The summed E-state index contributed by atoms with van der Waals surface area (Å²) in [6, 6.07) is 17.9. The van der Waals surface area contributed by atoms with Gasteiger partial charge in [-0.15, -0.1) is 0 Å². The van der Waals surface area contributed by atoms with Crippen LogP contribution in [0.2, 0.25) is 0 Å². The average Bonchev–Trinajstić information content (AvgIpc) is 3.00. The van der Waals surface area contributed by atoms with E-state index in [-0.39, 0.29) is 5.91 Å². The highest BCUT2D eigenvalue weighted by molar-refractivity contribution is 6.04. The molecule has 11 nitrogen and oxygen atoms in total. The first kappa shape index (κ1) is 29.3. The third-order valence-electron chi connectivity index (χ3n) is 6.75. The fraction of sp³-hybridized carbons (Fsp3) is 0.333. The number of nitrogens with one attached hydrogen (secondary N) is 3. The number of benzene rings is 3. The van der Waals surface area contributed by atoms with Crippen LogP contribution in [0.3, 0.4) is 0 Å². The second-order valence-corrected chi connectivity index (χ2v) is 9.31. The Morgan fingerprint density at radius 1 is 0.732 bits per heavy atom. The summed E-state index contributed by atoms with van der Waals surface area (Å²) >= 11 is 0. The fourth-order valence-corrected chi connectivity index (χ4v) is 4.69. The molecular weight excluding hydrogens is 526 g/mol. The molecule has 1 fully saturated rings. The summed E-state index contributed by atoms with van der Waals surface area (Å²) < 4.78 is 21.2. The smallest absolute Gasteiger partial charge is 0.323 e. The molecule has 0 bridgehead atoms. The van der Waals surface area contributed by atoms with Crippen molar-refractivity contribution in [2.45, 2.75) is 0 Å². The summed E-state index contributed by atoms with van der Waals surface area (Å²) in [6.45, 7) is 3.70. The summed E-state index contributed by atoms with van der Waals surface area (Å²) in [7, 11) is 6.34. The SMILES string of the molecule is COCCNC(=O)c1cc(NC(=O)Nc2cc(OC)cc(OC)c2)ccc1N1CCN(c2ccccc2OC)CC1. The van der Waals surface area contributed by atoms with Crippen LogP contribution >= 0.6 is 0 Å². The number of urea groups is 1. The highest BCUT2D eigenvalue weighted by Gasteiger charge is 2.24. The Kier molecular flexibility index (Phi) is 10.1. The lowest BCUT2D eigenvalue weighted by Crippen LogP contribution is -2.47. The number of hydrogen-bond acceptors (Lipinski definition) is 8. The molecule has 1 saturated heterocycles. The third-order valence-corrected chi connectivity index (χ3v) is 6.75. The maximum Gasteiger partial charge on any atom is 0.323 e. The average molecular weight is 564 g/mol. The Morgan fingerprint density at radius 2 is 1.37 bits per heavy atom. The number of ether oxygens (including phenoxy) is 4. The molecule has 0 unspecified atom stereocenters. The molecule has 218 valence electrons. The lowest BCUT2D eigenvalue weighted by molar-refractivity contribution is 0.0937. The van der Waals surface area contributed by atoms with Crippen LogP contribution in [-0.4, -0.2) is 79.7 Å². The molecule has 1 heterocycles. The molecule has 3 aromatic carbocycles. The van der Waals surface area contributed by atoms with Gasteiger partial charge in [-0.3, -0.25) is 4.79 Å². The Balaban J connectivity index is 1.50. The highest BCUT2D eigenvalue weighted by atomic mass is 16.5. The summed E-state index contributed by atoms with van der Waals surface area (Å²) in [5.41, 5.74) is 3.29. The van der Waals surface area contributed by atoms with E-state index in [2.05, 4.69) is 31.8 Å². The van der Waals surface area contributed by atoms with Crippen molar-refractivity contribution >= 4 is 34.7 Å². The number of methoxy groups -OCH3 is 4. The van der Waals surface area contributed by atoms with Crippen molar-refractivity contribution in [3.63, 3.8) is 0 Å². The fourth-order valence-electron chi connectivity index (χ4n) is 4.69. The predicted molar refractivity (Wildman–Crippen MR) is 160 cm³/mol. The van der Waals surface area contributed by atoms with E-state index in [0.717, 1.165) is 30.2 Å². The van der Waals surface area contributed by atoms with Crippen molar-refractivity contribution in [3.8, 4) is 17.2 Å². The minimum Gasteiger partial charge on any atom is -0.497 e. The van der Waals surface area contributed by atoms with Gasteiger partial charge in [0, 0.05) is 75.1 Å². The number of rotatable bonds is 11. The number of piperazine rings is 1. The summed E-state index contributed by atoms with van der Waals surface area (Å²) in [5.74, 6) is 1.68. The molecular formula is C30H37N5O6. The molecule has 4 rings (SSSR count). The zero-order chi connectivity index (χ0) is 29.2. The van der Waals surface area contributed by atoms with Gasteiger partial charge < -0.3 is 44.7 Å². The maximum atomic E-state index is 13.2. The van der Waals surface area contributed by atoms with Gasteiger partial charge in [-0.25, -0.2) is 4.79 Å². The first-order valence-electron chi connectivity index (χ1n) is 13.3. The van der Waals surface area contributed by atoms with Gasteiger partial charge in [0.05, 0.1) is 39.2 Å². The zero-order valence-corrected chi connectivity index (χ0v) is 23.9. The molecule has 3 N–H and O–H groups in total. The van der Waals surface area contributed by atoms with Gasteiger partial charge in [0.1, 0.15) is 17.2 Å². The van der Waals surface area contributed by atoms with Gasteiger partial charge in [-0.05, 0) is 30.3 Å². The van der Waals surface area contributed by atoms with E-state index in [1.54, 1.807) is 44.6 Å². The van der Waals surface area contributed by atoms with Gasteiger partial charge in [0.2, 0.25) is 0 Å². The van der Waals surface area contributed by atoms with Crippen LogP contribution in [0.4, 0.5) is 27.5 Å². The van der Waals surface area contributed by atoms with E-state index in [0.29, 0.717) is 54.7 Å². The number of nitrogens with zero attached hydrogens (tertiary/aromatic N) is 2. The molecule has 0 spiro atoms. The molecule has 0 radical (unpaired) electrons. The van der Waals surface area contributed by atoms with Crippen LogP contribution in [0.1, 0.15) is 10.4 Å². The number of amides is 3.